The molecule has 2 heterocycles. The van der Waals surface area contributed by atoms with Gasteiger partial charge in [0, 0.05) is 49.8 Å². The highest BCUT2D eigenvalue weighted by Crippen LogP contribution is 2.45. The quantitative estimate of drug-likeness (QED) is 0.650. The monoisotopic (exact) mass is 429 g/mol. The van der Waals surface area contributed by atoms with Crippen LogP contribution in [0.25, 0.3) is 16.5 Å². The molecular formula is C27H31N3O2. The van der Waals surface area contributed by atoms with Gasteiger partial charge in [-0.1, -0.05) is 30.3 Å². The van der Waals surface area contributed by atoms with E-state index in [0.717, 1.165) is 18.7 Å². The summed E-state index contributed by atoms with van der Waals surface area (Å²) in [7, 11) is 3.60. The zero-order chi connectivity index (χ0) is 22.5. The Kier molecular flexibility index (Phi) is 5.09. The van der Waals surface area contributed by atoms with E-state index in [1.54, 1.807) is 7.11 Å². The number of carbonyl (C=O) groups is 1. The van der Waals surface area contributed by atoms with E-state index in [2.05, 4.69) is 59.4 Å². The molecule has 2 aliphatic rings. The first kappa shape index (κ1) is 20.8. The minimum Gasteiger partial charge on any atom is -0.497 e. The molecule has 5 nitrogen and oxygen atoms in total. The highest BCUT2D eigenvalue weighted by atomic mass is 16.5. The number of H-pyrrole nitrogens is 1. The Morgan fingerprint density at radius 3 is 2.88 bits per heavy atom. The third-order valence-electron chi connectivity index (χ3n) is 7.15. The molecule has 3 aromatic rings. The largest absolute Gasteiger partial charge is 0.497 e. The highest BCUT2D eigenvalue weighted by molar-refractivity contribution is 6.00. The molecule has 1 N–H and O–H groups in total. The first-order valence-corrected chi connectivity index (χ1v) is 11.4. The van der Waals surface area contributed by atoms with Crippen molar-refractivity contribution >= 4 is 22.4 Å². The number of nitrogens with one attached hydrogen (secondary N) is 1. The SMILES string of the molecule is CCN(C)C(=O)C1(C)C=C2c3cccc4[nH]cc(c34)CC2N(Cc2cccc(OC)c2)C1. The predicted octanol–water partition coefficient (Wildman–Crippen LogP) is 4.49. The second kappa shape index (κ2) is 7.82. The number of hydrogen-bond acceptors (Lipinski definition) is 3. The highest BCUT2D eigenvalue weighted by Gasteiger charge is 2.44. The number of nitrogens with zero attached hydrogens (tertiary/aromatic N) is 2. The number of carbonyl (C=O) groups excluding carboxylic acids is 1. The van der Waals surface area contributed by atoms with Crippen LogP contribution in [0.2, 0.25) is 0 Å². The van der Waals surface area contributed by atoms with Gasteiger partial charge in [-0.3, -0.25) is 9.69 Å². The Bertz CT molecular complexity index is 1210. The zero-order valence-electron chi connectivity index (χ0n) is 19.3. The van der Waals surface area contributed by atoms with Crippen LogP contribution in [0.1, 0.15) is 30.5 Å². The van der Waals surface area contributed by atoms with E-state index < -0.39 is 5.41 Å². The van der Waals surface area contributed by atoms with E-state index in [0.29, 0.717) is 13.1 Å². The minimum atomic E-state index is -0.578. The molecule has 0 spiro atoms. The first-order chi connectivity index (χ1) is 15.4. The fourth-order valence-corrected chi connectivity index (χ4v) is 5.46. The third kappa shape index (κ3) is 3.32. The number of hydrogen-bond donors (Lipinski definition) is 1. The summed E-state index contributed by atoms with van der Waals surface area (Å²) in [5.41, 5.74) is 5.67. The molecule has 2 aromatic carbocycles. The molecule has 1 aliphatic carbocycles. The summed E-state index contributed by atoms with van der Waals surface area (Å²) in [5.74, 6) is 1.04. The minimum absolute atomic E-state index is 0.175. The molecular weight excluding hydrogens is 398 g/mol. The summed E-state index contributed by atoms with van der Waals surface area (Å²) in [6, 6.07) is 14.9. The standard InChI is InChI=1S/C27H31N3O2/c1-5-29(3)26(31)27(2)14-22-21-10-7-11-23-25(21)19(15-28-23)13-24(22)30(17-27)16-18-8-6-9-20(12-18)32-4/h6-12,14-15,24,28H,5,13,16-17H2,1-4H3. The van der Waals surface area contributed by atoms with Gasteiger partial charge in [0.25, 0.3) is 0 Å². The Morgan fingerprint density at radius 1 is 1.28 bits per heavy atom. The fraction of sp³-hybridized carbons (Fsp3) is 0.370. The van der Waals surface area contributed by atoms with E-state index in [-0.39, 0.29) is 11.9 Å². The molecule has 2 unspecified atom stereocenters. The van der Waals surface area contributed by atoms with Gasteiger partial charge in [0.05, 0.1) is 12.5 Å². The predicted molar refractivity (Wildman–Crippen MR) is 129 cm³/mol. The lowest BCUT2D eigenvalue weighted by Crippen LogP contribution is -2.53. The third-order valence-corrected chi connectivity index (χ3v) is 7.15. The van der Waals surface area contributed by atoms with Crippen molar-refractivity contribution in [3.8, 4) is 5.75 Å². The molecule has 1 aromatic heterocycles. The fourth-order valence-electron chi connectivity index (χ4n) is 5.46. The Balaban J connectivity index is 1.62. The summed E-state index contributed by atoms with van der Waals surface area (Å²) in [5, 5.41) is 1.30. The zero-order valence-corrected chi connectivity index (χ0v) is 19.3. The van der Waals surface area contributed by atoms with Gasteiger partial charge in [0.2, 0.25) is 5.91 Å². The molecule has 0 fully saturated rings. The second-order valence-corrected chi connectivity index (χ2v) is 9.35. The molecule has 32 heavy (non-hydrogen) atoms. The molecule has 0 bridgehead atoms. The van der Waals surface area contributed by atoms with E-state index in [4.69, 9.17) is 4.74 Å². The Labute approximate surface area is 189 Å². The molecule has 166 valence electrons. The number of aromatic amines is 1. The van der Waals surface area contributed by atoms with Crippen molar-refractivity contribution in [2.45, 2.75) is 32.9 Å². The molecule has 1 aliphatic heterocycles. The lowest BCUT2D eigenvalue weighted by Gasteiger charge is -2.46. The van der Waals surface area contributed by atoms with Gasteiger partial charge in [-0.2, -0.15) is 0 Å². The molecule has 1 amide bonds. The Morgan fingerprint density at radius 2 is 2.09 bits per heavy atom. The van der Waals surface area contributed by atoms with Crippen molar-refractivity contribution < 1.29 is 9.53 Å². The van der Waals surface area contributed by atoms with E-state index in [1.165, 1.54) is 33.2 Å². The van der Waals surface area contributed by atoms with Gasteiger partial charge in [-0.15, -0.1) is 0 Å². The maximum atomic E-state index is 13.5. The lowest BCUT2D eigenvalue weighted by atomic mass is 9.74. The van der Waals surface area contributed by atoms with Gasteiger partial charge in [0.15, 0.2) is 0 Å². The van der Waals surface area contributed by atoms with Gasteiger partial charge in [0.1, 0.15) is 5.75 Å². The summed E-state index contributed by atoms with van der Waals surface area (Å²) >= 11 is 0. The average Bonchev–Trinajstić information content (AvgIpc) is 3.23. The number of rotatable bonds is 5. The number of fused-ring (bicyclic) bond motifs is 2. The summed E-state index contributed by atoms with van der Waals surface area (Å²) in [6.07, 6.45) is 5.36. The maximum Gasteiger partial charge on any atom is 0.233 e. The van der Waals surface area contributed by atoms with Gasteiger partial charge < -0.3 is 14.6 Å². The average molecular weight is 430 g/mol. The number of ether oxygens (including phenoxy) is 1. The van der Waals surface area contributed by atoms with Crippen LogP contribution in [0.15, 0.2) is 54.7 Å². The molecule has 0 radical (unpaired) electrons. The van der Waals surface area contributed by atoms with Crippen molar-refractivity contribution in [2.24, 2.45) is 5.41 Å². The van der Waals surface area contributed by atoms with E-state index >= 15 is 0 Å². The van der Waals surface area contributed by atoms with Gasteiger partial charge >= 0.3 is 0 Å². The molecule has 5 heteroatoms. The molecule has 0 saturated heterocycles. The van der Waals surface area contributed by atoms with Gasteiger partial charge in [-0.25, -0.2) is 0 Å². The molecule has 5 rings (SSSR count). The summed E-state index contributed by atoms with van der Waals surface area (Å²) in [6.45, 7) is 6.29. The van der Waals surface area contributed by atoms with E-state index in [1.807, 2.05) is 31.0 Å². The lowest BCUT2D eigenvalue weighted by molar-refractivity contribution is -0.138. The van der Waals surface area contributed by atoms with Crippen molar-refractivity contribution in [2.75, 3.05) is 27.2 Å². The van der Waals surface area contributed by atoms with Crippen molar-refractivity contribution in [1.82, 2.24) is 14.8 Å². The van der Waals surface area contributed by atoms with Crippen molar-refractivity contribution in [3.05, 3.63) is 71.4 Å². The van der Waals surface area contributed by atoms with Crippen LogP contribution in [0.4, 0.5) is 0 Å². The van der Waals surface area contributed by atoms with Crippen LogP contribution >= 0.6 is 0 Å². The number of methoxy groups -OCH3 is 1. The number of amides is 1. The summed E-state index contributed by atoms with van der Waals surface area (Å²) in [4.78, 5) is 21.3. The normalized spacial score (nSPS) is 22.4. The molecule has 0 saturated carbocycles. The van der Waals surface area contributed by atoms with Crippen LogP contribution in [0.5, 0.6) is 5.75 Å². The maximum absolute atomic E-state index is 13.5. The van der Waals surface area contributed by atoms with Crippen LogP contribution in [0.3, 0.4) is 0 Å². The van der Waals surface area contributed by atoms with Crippen LogP contribution in [-0.4, -0.2) is 54.0 Å². The first-order valence-electron chi connectivity index (χ1n) is 11.4. The van der Waals surface area contributed by atoms with Crippen molar-refractivity contribution in [3.63, 3.8) is 0 Å². The topological polar surface area (TPSA) is 48.6 Å². The molecule has 2 atom stereocenters. The smallest absolute Gasteiger partial charge is 0.233 e. The van der Waals surface area contributed by atoms with Crippen LogP contribution < -0.4 is 4.74 Å². The number of aromatic nitrogens is 1. The summed E-state index contributed by atoms with van der Waals surface area (Å²) < 4.78 is 5.46. The number of benzene rings is 2. The van der Waals surface area contributed by atoms with Crippen LogP contribution in [-0.2, 0) is 17.8 Å². The second-order valence-electron chi connectivity index (χ2n) is 9.35. The van der Waals surface area contributed by atoms with Crippen molar-refractivity contribution in [1.29, 1.82) is 0 Å². The van der Waals surface area contributed by atoms with Gasteiger partial charge in [-0.05, 0) is 60.7 Å². The Hall–Kier alpha value is -3.05. The van der Waals surface area contributed by atoms with Crippen LogP contribution in [0, 0.1) is 5.41 Å². The van der Waals surface area contributed by atoms with E-state index in [9.17, 15) is 4.79 Å².